The van der Waals surface area contributed by atoms with E-state index in [9.17, 15) is 4.79 Å². The number of likely N-dealkylation sites (tertiary alicyclic amines) is 1. The summed E-state index contributed by atoms with van der Waals surface area (Å²) < 4.78 is 10.00. The van der Waals surface area contributed by atoms with E-state index < -0.39 is 5.97 Å². The van der Waals surface area contributed by atoms with Crippen LogP contribution in [0.25, 0.3) is 0 Å². The number of ether oxygens (including phenoxy) is 2. The van der Waals surface area contributed by atoms with Crippen molar-refractivity contribution in [2.75, 3.05) is 33.4 Å². The highest BCUT2D eigenvalue weighted by atomic mass is 16.6. The highest BCUT2D eigenvalue weighted by Crippen LogP contribution is 2.18. The molecule has 1 saturated heterocycles. The number of nitriles is 1. The average molecular weight is 264 g/mol. The molecule has 0 bridgehead atoms. The molecule has 1 aliphatic rings. The van der Waals surface area contributed by atoms with E-state index in [-0.39, 0.29) is 12.2 Å². The first-order chi connectivity index (χ1) is 9.19. The minimum atomic E-state index is -0.597. The maximum absolute atomic E-state index is 11.6. The topological polar surface area (TPSA) is 62.6 Å². The first-order valence-electron chi connectivity index (χ1n) is 6.46. The summed E-state index contributed by atoms with van der Waals surface area (Å²) in [7, 11) is 2.00. The smallest absolute Gasteiger partial charge is 0.348 e. The number of hydrogen-bond donors (Lipinski definition) is 0. The molecule has 0 amide bonds. The molecular formula is C14H20N2O3. The van der Waals surface area contributed by atoms with Crippen LogP contribution in [0.2, 0.25) is 0 Å². The molecule has 0 radical (unpaired) electrons. The van der Waals surface area contributed by atoms with Crippen LogP contribution in [0, 0.1) is 11.3 Å². The van der Waals surface area contributed by atoms with Crippen LogP contribution in [0.4, 0.5) is 0 Å². The van der Waals surface area contributed by atoms with E-state index in [4.69, 9.17) is 14.7 Å². The normalized spacial score (nSPS) is 17.6. The van der Waals surface area contributed by atoms with Crippen LogP contribution in [0.1, 0.15) is 19.8 Å². The second-order valence-electron chi connectivity index (χ2n) is 4.21. The molecule has 0 N–H and O–H groups in total. The molecule has 0 unspecified atom stereocenters. The zero-order valence-corrected chi connectivity index (χ0v) is 11.5. The SMILES string of the molecule is CCOCCOC(=O)/C(C#N)=C\C=C1/CCCN1C. The zero-order chi connectivity index (χ0) is 14.1. The van der Waals surface area contributed by atoms with Crippen LogP contribution < -0.4 is 0 Å². The van der Waals surface area contributed by atoms with Crippen LogP contribution in [0.5, 0.6) is 0 Å². The highest BCUT2D eigenvalue weighted by molar-refractivity contribution is 5.93. The quantitative estimate of drug-likeness (QED) is 0.316. The summed E-state index contributed by atoms with van der Waals surface area (Å²) in [4.78, 5) is 13.7. The van der Waals surface area contributed by atoms with Gasteiger partial charge >= 0.3 is 5.97 Å². The van der Waals surface area contributed by atoms with Gasteiger partial charge in [-0.15, -0.1) is 0 Å². The van der Waals surface area contributed by atoms with Gasteiger partial charge in [0.15, 0.2) is 0 Å². The van der Waals surface area contributed by atoms with Crippen molar-refractivity contribution in [3.05, 3.63) is 23.4 Å². The lowest BCUT2D eigenvalue weighted by atomic mass is 10.2. The standard InChI is InChI=1S/C14H20N2O3/c1-3-18-9-10-19-14(17)12(11-15)6-7-13-5-4-8-16(13)2/h6-7H,3-5,8-10H2,1-2H3/b12-6-,13-7+. The fourth-order valence-electron chi connectivity index (χ4n) is 1.79. The lowest BCUT2D eigenvalue weighted by Gasteiger charge is -2.11. The third-order valence-corrected chi connectivity index (χ3v) is 2.86. The van der Waals surface area contributed by atoms with Gasteiger partial charge in [-0.2, -0.15) is 5.26 Å². The molecule has 1 heterocycles. The highest BCUT2D eigenvalue weighted by Gasteiger charge is 2.13. The molecule has 1 aliphatic heterocycles. The Morgan fingerprint density at radius 1 is 1.53 bits per heavy atom. The second kappa shape index (κ2) is 8.33. The summed E-state index contributed by atoms with van der Waals surface area (Å²) in [6.45, 7) is 3.98. The molecule has 5 nitrogen and oxygen atoms in total. The molecule has 0 spiro atoms. The van der Waals surface area contributed by atoms with Gasteiger partial charge in [-0.3, -0.25) is 0 Å². The number of rotatable bonds is 6. The molecule has 0 atom stereocenters. The average Bonchev–Trinajstić information content (AvgIpc) is 2.81. The molecule has 5 heteroatoms. The van der Waals surface area contributed by atoms with E-state index in [0.29, 0.717) is 13.2 Å². The monoisotopic (exact) mass is 264 g/mol. The lowest BCUT2D eigenvalue weighted by molar-refractivity contribution is -0.140. The van der Waals surface area contributed by atoms with Crippen LogP contribution in [-0.2, 0) is 14.3 Å². The third kappa shape index (κ3) is 5.14. The predicted octanol–water partition coefficient (Wildman–Crippen LogP) is 1.63. The van der Waals surface area contributed by atoms with Crippen molar-refractivity contribution in [1.29, 1.82) is 5.26 Å². The number of carbonyl (C=O) groups is 1. The molecule has 1 rings (SSSR count). The van der Waals surface area contributed by atoms with E-state index in [1.807, 2.05) is 26.1 Å². The molecule has 1 fully saturated rings. The van der Waals surface area contributed by atoms with Crippen LogP contribution in [0.3, 0.4) is 0 Å². The molecule has 0 aliphatic carbocycles. The van der Waals surface area contributed by atoms with Crippen molar-refractivity contribution in [1.82, 2.24) is 4.90 Å². The summed E-state index contributed by atoms with van der Waals surface area (Å²) in [5, 5.41) is 8.95. The van der Waals surface area contributed by atoms with Crippen molar-refractivity contribution in [2.45, 2.75) is 19.8 Å². The van der Waals surface area contributed by atoms with Crippen LogP contribution in [0.15, 0.2) is 23.4 Å². The summed E-state index contributed by atoms with van der Waals surface area (Å²) in [6.07, 6.45) is 5.43. The molecule has 0 aromatic heterocycles. The van der Waals surface area contributed by atoms with E-state index in [1.165, 1.54) is 6.08 Å². The number of carbonyl (C=O) groups excluding carboxylic acids is 1. The van der Waals surface area contributed by atoms with Crippen LogP contribution >= 0.6 is 0 Å². The largest absolute Gasteiger partial charge is 0.459 e. The summed E-state index contributed by atoms with van der Waals surface area (Å²) in [5.41, 5.74) is 1.15. The number of allylic oxidation sites excluding steroid dienone is 3. The van der Waals surface area contributed by atoms with Gasteiger partial charge in [-0.1, -0.05) is 0 Å². The Kier molecular flexibility index (Phi) is 6.69. The van der Waals surface area contributed by atoms with Gasteiger partial charge in [0.1, 0.15) is 18.2 Å². The Morgan fingerprint density at radius 3 is 2.89 bits per heavy atom. The fraction of sp³-hybridized carbons (Fsp3) is 0.571. The van der Waals surface area contributed by atoms with Gasteiger partial charge in [0.05, 0.1) is 6.61 Å². The Labute approximate surface area is 114 Å². The van der Waals surface area contributed by atoms with Crippen molar-refractivity contribution in [2.24, 2.45) is 0 Å². The van der Waals surface area contributed by atoms with Crippen molar-refractivity contribution >= 4 is 5.97 Å². The van der Waals surface area contributed by atoms with Gasteiger partial charge in [0, 0.05) is 25.9 Å². The van der Waals surface area contributed by atoms with Gasteiger partial charge in [-0.05, 0) is 31.9 Å². The predicted molar refractivity (Wildman–Crippen MR) is 71.1 cm³/mol. The van der Waals surface area contributed by atoms with E-state index >= 15 is 0 Å². The third-order valence-electron chi connectivity index (χ3n) is 2.86. The Balaban J connectivity index is 2.52. The lowest BCUT2D eigenvalue weighted by Crippen LogP contribution is -2.12. The van der Waals surface area contributed by atoms with Gasteiger partial charge in [-0.25, -0.2) is 4.79 Å². The zero-order valence-electron chi connectivity index (χ0n) is 11.5. The van der Waals surface area contributed by atoms with E-state index in [2.05, 4.69) is 4.90 Å². The minimum Gasteiger partial charge on any atom is -0.459 e. The molecule has 19 heavy (non-hydrogen) atoms. The van der Waals surface area contributed by atoms with E-state index in [0.717, 1.165) is 25.1 Å². The summed E-state index contributed by atoms with van der Waals surface area (Å²) in [5.74, 6) is -0.597. The van der Waals surface area contributed by atoms with Crippen molar-refractivity contribution in [3.8, 4) is 6.07 Å². The maximum Gasteiger partial charge on any atom is 0.348 e. The number of hydrogen-bond acceptors (Lipinski definition) is 5. The number of esters is 1. The molecule has 0 aromatic carbocycles. The molecule has 104 valence electrons. The first kappa shape index (κ1) is 15.3. The Morgan fingerprint density at radius 2 is 2.32 bits per heavy atom. The maximum atomic E-state index is 11.6. The molecule has 0 saturated carbocycles. The Hall–Kier alpha value is -1.80. The van der Waals surface area contributed by atoms with Gasteiger partial charge in [0.25, 0.3) is 0 Å². The first-order valence-corrected chi connectivity index (χ1v) is 6.46. The summed E-state index contributed by atoms with van der Waals surface area (Å²) >= 11 is 0. The van der Waals surface area contributed by atoms with Crippen molar-refractivity contribution in [3.63, 3.8) is 0 Å². The Bertz CT molecular complexity index is 407. The van der Waals surface area contributed by atoms with Crippen LogP contribution in [-0.4, -0.2) is 44.3 Å². The van der Waals surface area contributed by atoms with Crippen molar-refractivity contribution < 1.29 is 14.3 Å². The van der Waals surface area contributed by atoms with Gasteiger partial charge < -0.3 is 14.4 Å². The number of nitrogens with zero attached hydrogens (tertiary/aromatic N) is 2. The summed E-state index contributed by atoms with van der Waals surface area (Å²) in [6, 6.07) is 1.86. The second-order valence-corrected chi connectivity index (χ2v) is 4.21. The molecule has 0 aromatic rings. The van der Waals surface area contributed by atoms with E-state index in [1.54, 1.807) is 0 Å². The fourth-order valence-corrected chi connectivity index (χ4v) is 1.79. The molecular weight excluding hydrogens is 244 g/mol. The van der Waals surface area contributed by atoms with Gasteiger partial charge in [0.2, 0.25) is 0 Å². The minimum absolute atomic E-state index is 0.0179.